The van der Waals surface area contributed by atoms with Gasteiger partial charge in [-0.3, -0.25) is 4.79 Å². The zero-order valence-corrected chi connectivity index (χ0v) is 10.5. The van der Waals surface area contributed by atoms with Gasteiger partial charge in [0.15, 0.2) is 0 Å². The number of carbonyl (C=O) groups excluding carboxylic acids is 1. The number of pyridine rings is 1. The highest BCUT2D eigenvalue weighted by atomic mass is 19.1. The summed E-state index contributed by atoms with van der Waals surface area (Å²) < 4.78 is 12.7. The summed E-state index contributed by atoms with van der Waals surface area (Å²) in [6.07, 6.45) is 0. The number of rotatable bonds is 3. The van der Waals surface area contributed by atoms with Crippen molar-refractivity contribution in [2.75, 3.05) is 5.73 Å². The number of benzene rings is 1. The van der Waals surface area contributed by atoms with Crippen LogP contribution in [-0.2, 0) is 6.54 Å². The summed E-state index contributed by atoms with van der Waals surface area (Å²) in [5.41, 5.74) is 7.57. The average molecular weight is 259 g/mol. The van der Waals surface area contributed by atoms with Crippen LogP contribution in [0.15, 0.2) is 36.4 Å². The second-order valence-electron chi connectivity index (χ2n) is 4.23. The predicted molar refractivity (Wildman–Crippen MR) is 71.0 cm³/mol. The molecule has 0 unspecified atom stereocenters. The fourth-order valence-corrected chi connectivity index (χ4v) is 1.71. The maximum Gasteiger partial charge on any atom is 0.251 e. The van der Waals surface area contributed by atoms with Gasteiger partial charge in [-0.05, 0) is 36.8 Å². The summed E-state index contributed by atoms with van der Waals surface area (Å²) in [7, 11) is 0. The zero-order valence-electron chi connectivity index (χ0n) is 10.5. The lowest BCUT2D eigenvalue weighted by molar-refractivity contribution is 0.0950. The number of hydrogen-bond donors (Lipinski definition) is 2. The number of hydrogen-bond acceptors (Lipinski definition) is 3. The Morgan fingerprint density at radius 1 is 1.32 bits per heavy atom. The van der Waals surface area contributed by atoms with Crippen molar-refractivity contribution in [2.24, 2.45) is 0 Å². The van der Waals surface area contributed by atoms with Crippen molar-refractivity contribution in [3.05, 3.63) is 59.0 Å². The average Bonchev–Trinajstić information content (AvgIpc) is 2.36. The third-order valence-corrected chi connectivity index (χ3v) is 2.60. The van der Waals surface area contributed by atoms with Gasteiger partial charge < -0.3 is 11.1 Å². The van der Waals surface area contributed by atoms with Crippen molar-refractivity contribution >= 4 is 11.7 Å². The Labute approximate surface area is 110 Å². The number of aryl methyl sites for hydroxylation is 1. The first kappa shape index (κ1) is 13.0. The van der Waals surface area contributed by atoms with Crippen LogP contribution >= 0.6 is 0 Å². The molecule has 0 fully saturated rings. The topological polar surface area (TPSA) is 68.0 Å². The molecule has 2 aromatic rings. The number of carbonyl (C=O) groups is 1. The van der Waals surface area contributed by atoms with Crippen LogP contribution in [-0.4, -0.2) is 10.9 Å². The van der Waals surface area contributed by atoms with Crippen molar-refractivity contribution in [1.82, 2.24) is 10.3 Å². The highest BCUT2D eigenvalue weighted by Crippen LogP contribution is 2.08. The van der Waals surface area contributed by atoms with E-state index < -0.39 is 0 Å². The molecule has 0 spiro atoms. The number of amides is 1. The van der Waals surface area contributed by atoms with Crippen LogP contribution in [0.5, 0.6) is 0 Å². The van der Waals surface area contributed by atoms with Crippen LogP contribution in [0.2, 0.25) is 0 Å². The molecule has 0 saturated carbocycles. The van der Waals surface area contributed by atoms with Crippen LogP contribution in [0.3, 0.4) is 0 Å². The molecular weight excluding hydrogens is 245 g/mol. The molecule has 1 heterocycles. The molecule has 3 N–H and O–H groups in total. The third-order valence-electron chi connectivity index (χ3n) is 2.60. The minimum Gasteiger partial charge on any atom is -0.384 e. The smallest absolute Gasteiger partial charge is 0.251 e. The first-order chi connectivity index (χ1) is 9.04. The first-order valence-electron chi connectivity index (χ1n) is 5.81. The molecule has 98 valence electrons. The highest BCUT2D eigenvalue weighted by Gasteiger charge is 2.07. The molecule has 0 saturated heterocycles. The summed E-state index contributed by atoms with van der Waals surface area (Å²) in [5, 5.41) is 2.74. The summed E-state index contributed by atoms with van der Waals surface area (Å²) in [4.78, 5) is 15.9. The molecule has 0 aliphatic carbocycles. The zero-order chi connectivity index (χ0) is 13.8. The number of nitrogens with one attached hydrogen (secondary N) is 1. The van der Waals surface area contributed by atoms with Crippen molar-refractivity contribution in [2.45, 2.75) is 13.5 Å². The number of nitrogens with zero attached hydrogens (tertiary/aromatic N) is 1. The number of nitrogen functional groups attached to an aromatic ring is 1. The van der Waals surface area contributed by atoms with Gasteiger partial charge in [-0.2, -0.15) is 0 Å². The van der Waals surface area contributed by atoms with E-state index in [4.69, 9.17) is 5.73 Å². The Hall–Kier alpha value is -2.43. The van der Waals surface area contributed by atoms with E-state index in [1.165, 1.54) is 18.2 Å². The highest BCUT2D eigenvalue weighted by molar-refractivity contribution is 5.94. The van der Waals surface area contributed by atoms with Crippen LogP contribution < -0.4 is 11.1 Å². The van der Waals surface area contributed by atoms with Gasteiger partial charge in [0.2, 0.25) is 0 Å². The quantitative estimate of drug-likeness (QED) is 0.886. The predicted octanol–water partition coefficient (Wildman–Crippen LogP) is 2.04. The lowest BCUT2D eigenvalue weighted by atomic mass is 10.2. The fraction of sp³-hybridized carbons (Fsp3) is 0.143. The molecule has 19 heavy (non-hydrogen) atoms. The molecule has 0 atom stereocenters. The summed E-state index contributed by atoms with van der Waals surface area (Å²) in [6.45, 7) is 2.10. The van der Waals surface area contributed by atoms with Gasteiger partial charge in [0, 0.05) is 17.8 Å². The maximum absolute atomic E-state index is 12.7. The van der Waals surface area contributed by atoms with E-state index in [0.29, 0.717) is 23.6 Å². The Balaban J connectivity index is 2.03. The van der Waals surface area contributed by atoms with Gasteiger partial charge in [0.25, 0.3) is 5.91 Å². The van der Waals surface area contributed by atoms with E-state index in [1.807, 2.05) is 0 Å². The van der Waals surface area contributed by atoms with E-state index in [-0.39, 0.29) is 11.7 Å². The van der Waals surface area contributed by atoms with E-state index >= 15 is 0 Å². The Morgan fingerprint density at radius 3 is 2.63 bits per heavy atom. The number of halogens is 1. The molecule has 0 aliphatic heterocycles. The second-order valence-corrected chi connectivity index (χ2v) is 4.23. The lowest BCUT2D eigenvalue weighted by Gasteiger charge is -2.06. The SMILES string of the molecule is Cc1cc(C(=O)NCc2ccc(F)cc2)cc(N)n1. The number of nitrogens with two attached hydrogens (primary N) is 1. The van der Waals surface area contributed by atoms with Gasteiger partial charge in [0.05, 0.1) is 0 Å². The normalized spacial score (nSPS) is 10.2. The molecule has 0 bridgehead atoms. The number of aromatic nitrogens is 1. The van der Waals surface area contributed by atoms with E-state index in [9.17, 15) is 9.18 Å². The molecule has 4 nitrogen and oxygen atoms in total. The van der Waals surface area contributed by atoms with Gasteiger partial charge in [-0.25, -0.2) is 9.37 Å². The summed E-state index contributed by atoms with van der Waals surface area (Å²) >= 11 is 0. The molecule has 0 aliphatic rings. The third kappa shape index (κ3) is 3.51. The van der Waals surface area contributed by atoms with E-state index in [1.54, 1.807) is 25.1 Å². The molecule has 0 radical (unpaired) electrons. The molecule has 5 heteroatoms. The van der Waals surface area contributed by atoms with Crippen LogP contribution in [0.25, 0.3) is 0 Å². The van der Waals surface area contributed by atoms with Crippen molar-refractivity contribution < 1.29 is 9.18 Å². The standard InChI is InChI=1S/C14H14FN3O/c1-9-6-11(7-13(16)18-9)14(19)17-8-10-2-4-12(15)5-3-10/h2-7H,8H2,1H3,(H2,16,18)(H,17,19). The first-order valence-corrected chi connectivity index (χ1v) is 5.81. The Kier molecular flexibility index (Phi) is 3.75. The summed E-state index contributed by atoms with van der Waals surface area (Å²) in [6, 6.07) is 9.15. The summed E-state index contributed by atoms with van der Waals surface area (Å²) in [5.74, 6) is -0.221. The van der Waals surface area contributed by atoms with Crippen LogP contribution in [0.4, 0.5) is 10.2 Å². The van der Waals surface area contributed by atoms with Crippen molar-refractivity contribution in [3.63, 3.8) is 0 Å². The van der Waals surface area contributed by atoms with Crippen LogP contribution in [0, 0.1) is 12.7 Å². The van der Waals surface area contributed by atoms with Crippen LogP contribution in [0.1, 0.15) is 21.6 Å². The largest absolute Gasteiger partial charge is 0.384 e. The molecule has 1 amide bonds. The minimum atomic E-state index is -0.299. The number of anilines is 1. The van der Waals surface area contributed by atoms with Crippen molar-refractivity contribution in [1.29, 1.82) is 0 Å². The monoisotopic (exact) mass is 259 g/mol. The van der Waals surface area contributed by atoms with Gasteiger partial charge >= 0.3 is 0 Å². The van der Waals surface area contributed by atoms with E-state index in [2.05, 4.69) is 10.3 Å². The van der Waals surface area contributed by atoms with Gasteiger partial charge in [-0.15, -0.1) is 0 Å². The molecule has 1 aromatic carbocycles. The van der Waals surface area contributed by atoms with E-state index in [0.717, 1.165) is 5.56 Å². The van der Waals surface area contributed by atoms with Gasteiger partial charge in [-0.1, -0.05) is 12.1 Å². The second kappa shape index (κ2) is 5.48. The molecular formula is C14H14FN3O. The maximum atomic E-state index is 12.7. The fourth-order valence-electron chi connectivity index (χ4n) is 1.71. The Morgan fingerprint density at radius 2 is 2.00 bits per heavy atom. The molecule has 1 aromatic heterocycles. The van der Waals surface area contributed by atoms with Crippen molar-refractivity contribution in [3.8, 4) is 0 Å². The lowest BCUT2D eigenvalue weighted by Crippen LogP contribution is -2.23. The minimum absolute atomic E-state index is 0.235. The Bertz CT molecular complexity index is 576. The molecule has 2 rings (SSSR count). The van der Waals surface area contributed by atoms with Gasteiger partial charge in [0.1, 0.15) is 11.6 Å².